The summed E-state index contributed by atoms with van der Waals surface area (Å²) in [5.41, 5.74) is 0.143. The van der Waals surface area contributed by atoms with Crippen LogP contribution in [-0.2, 0) is 10.0 Å². The molecule has 7 nitrogen and oxygen atoms in total. The highest BCUT2D eigenvalue weighted by Crippen LogP contribution is 2.34. The van der Waals surface area contributed by atoms with Gasteiger partial charge < -0.3 is 9.84 Å². The van der Waals surface area contributed by atoms with Crippen LogP contribution in [0.1, 0.15) is 118 Å². The monoisotopic (exact) mass is 611 g/mol. The van der Waals surface area contributed by atoms with Crippen molar-refractivity contribution in [3.05, 3.63) is 34.2 Å². The Labute approximate surface area is 256 Å². The topological polar surface area (TPSA) is 106 Å². The minimum Gasteiger partial charge on any atom is -0.495 e. The van der Waals surface area contributed by atoms with Gasteiger partial charge in [0.2, 0.25) is 0 Å². The number of benzene rings is 1. The number of aromatic carboxylic acids is 1. The molecule has 4 rings (SSSR count). The van der Waals surface area contributed by atoms with Gasteiger partial charge >= 0.3 is 5.97 Å². The van der Waals surface area contributed by atoms with Crippen LogP contribution in [0.4, 0.5) is 5.69 Å². The van der Waals surface area contributed by atoms with Gasteiger partial charge in [-0.25, -0.2) is 9.78 Å². The van der Waals surface area contributed by atoms with Crippen LogP contribution in [0.5, 0.6) is 5.75 Å². The predicted molar refractivity (Wildman–Crippen MR) is 170 cm³/mol. The largest absolute Gasteiger partial charge is 0.495 e. The van der Waals surface area contributed by atoms with E-state index in [0.29, 0.717) is 10.9 Å². The molecular weight excluding hydrogens is 567 g/mol. The fourth-order valence-electron chi connectivity index (χ4n) is 6.17. The zero-order valence-electron chi connectivity index (χ0n) is 24.8. The van der Waals surface area contributed by atoms with E-state index in [1.807, 2.05) is 0 Å². The highest BCUT2D eigenvalue weighted by molar-refractivity contribution is 7.92. The molecule has 0 unspecified atom stereocenters. The number of carboxylic acid groups (broad SMARTS) is 1. The Morgan fingerprint density at radius 3 is 2.12 bits per heavy atom. The van der Waals surface area contributed by atoms with Crippen molar-refractivity contribution >= 4 is 40.3 Å². The first-order valence-electron chi connectivity index (χ1n) is 15.6. The Hall–Kier alpha value is -2.51. The summed E-state index contributed by atoms with van der Waals surface area (Å²) in [5, 5.41) is 11.0. The van der Waals surface area contributed by atoms with Crippen LogP contribution in [0.3, 0.4) is 0 Å². The molecule has 0 aliphatic heterocycles. The molecule has 10 heteroatoms. The van der Waals surface area contributed by atoms with E-state index in [4.69, 9.17) is 4.74 Å². The second-order valence-electron chi connectivity index (χ2n) is 11.8. The minimum atomic E-state index is -3.99. The number of rotatable bonds is 7. The Bertz CT molecular complexity index is 1310. The number of hydrogen-bond acceptors (Lipinski definition) is 6. The third-order valence-electron chi connectivity index (χ3n) is 8.53. The lowest BCUT2D eigenvalue weighted by molar-refractivity contribution is 0.0696. The molecule has 2 N–H and O–H groups in total. The van der Waals surface area contributed by atoms with Crippen LogP contribution in [0.25, 0.3) is 0 Å². The number of aromatic nitrogens is 1. The molecule has 2 aliphatic rings. The second-order valence-corrected chi connectivity index (χ2v) is 14.3. The van der Waals surface area contributed by atoms with E-state index in [2.05, 4.69) is 28.8 Å². The number of nitrogens with zero attached hydrogens (tertiary/aromatic N) is 1. The smallest absolute Gasteiger partial charge is 0.335 e. The molecule has 2 fully saturated rings. The highest BCUT2D eigenvalue weighted by atomic mass is 32.2. The zero-order chi connectivity index (χ0) is 29.8. The molecule has 1 heterocycles. The maximum atomic E-state index is 13.0. The summed E-state index contributed by atoms with van der Waals surface area (Å²) in [7, 11) is 0.106. The highest BCUT2D eigenvalue weighted by Gasteiger charge is 2.22. The normalized spacial score (nSPS) is 21.5. The molecule has 42 heavy (non-hydrogen) atoms. The lowest BCUT2D eigenvalue weighted by Crippen LogP contribution is -2.14. The van der Waals surface area contributed by atoms with E-state index in [0.717, 1.165) is 24.5 Å². The Morgan fingerprint density at radius 2 is 1.52 bits per heavy atom. The Balaban J connectivity index is 1.30. The Kier molecular flexibility index (Phi) is 12.6. The molecule has 227 valence electrons. The average molecular weight is 612 g/mol. The summed E-state index contributed by atoms with van der Waals surface area (Å²) >= 11 is 1.21. The number of carbonyl (C=O) groups is 1. The summed E-state index contributed by atoms with van der Waals surface area (Å²) in [6.45, 7) is 0. The standard InChI is InChI=1S/C32H44BN2O5S2/c1-40-29-22-25(32(36)37)19-20-28(29)35-42(38,39)31-23-41-30(34-31)21-18-24-12-8-10-16-27(17-11-9-13-24)33-26-14-6-4-2-3-5-7-15-26/h19-20,22-24,26-27,35H,2-17H2,1H3,(H,36,37). The molecule has 1 aromatic carbocycles. The number of sulfonamides is 1. The van der Waals surface area contributed by atoms with E-state index in [1.54, 1.807) is 0 Å². The van der Waals surface area contributed by atoms with Gasteiger partial charge in [0.15, 0.2) is 10.0 Å². The van der Waals surface area contributed by atoms with E-state index >= 15 is 0 Å². The van der Waals surface area contributed by atoms with Gasteiger partial charge in [-0.3, -0.25) is 4.72 Å². The number of carboxylic acids is 1. The van der Waals surface area contributed by atoms with Crippen LogP contribution in [0.2, 0.25) is 11.6 Å². The van der Waals surface area contributed by atoms with Gasteiger partial charge in [0.05, 0.1) is 18.4 Å². The fourth-order valence-corrected chi connectivity index (χ4v) is 8.19. The van der Waals surface area contributed by atoms with Gasteiger partial charge in [-0.2, -0.15) is 8.42 Å². The van der Waals surface area contributed by atoms with Crippen molar-refractivity contribution in [1.82, 2.24) is 4.98 Å². The first kappa shape index (κ1) is 32.4. The summed E-state index contributed by atoms with van der Waals surface area (Å²) in [6.07, 6.45) is 20.8. The van der Waals surface area contributed by atoms with Gasteiger partial charge in [-0.15, -0.1) is 11.3 Å². The van der Waals surface area contributed by atoms with E-state index < -0.39 is 16.0 Å². The number of ether oxygens (including phenoxy) is 1. The fraction of sp³-hybridized carbons (Fsp3) is 0.625. The van der Waals surface area contributed by atoms with Gasteiger partial charge in [-0.1, -0.05) is 107 Å². The van der Waals surface area contributed by atoms with Crippen molar-refractivity contribution in [2.24, 2.45) is 5.92 Å². The van der Waals surface area contributed by atoms with Gasteiger partial charge in [0.1, 0.15) is 13.0 Å². The van der Waals surface area contributed by atoms with E-state index in [9.17, 15) is 18.3 Å². The molecular formula is C32H44BN2O5S2. The number of anilines is 1. The van der Waals surface area contributed by atoms with Gasteiger partial charge in [0.25, 0.3) is 10.0 Å². The Morgan fingerprint density at radius 1 is 0.952 bits per heavy atom. The minimum absolute atomic E-state index is 0.000193. The van der Waals surface area contributed by atoms with Crippen molar-refractivity contribution < 1.29 is 23.1 Å². The summed E-state index contributed by atoms with van der Waals surface area (Å²) in [5.74, 6) is 7.42. The quantitative estimate of drug-likeness (QED) is 0.242. The summed E-state index contributed by atoms with van der Waals surface area (Å²) < 4.78 is 33.6. The van der Waals surface area contributed by atoms with Crippen molar-refractivity contribution in [3.8, 4) is 17.6 Å². The van der Waals surface area contributed by atoms with Gasteiger partial charge in [0, 0.05) is 11.3 Å². The van der Waals surface area contributed by atoms with Crippen LogP contribution < -0.4 is 9.46 Å². The second kappa shape index (κ2) is 16.4. The third kappa shape index (κ3) is 10.0. The maximum Gasteiger partial charge on any atom is 0.335 e. The molecule has 2 aliphatic carbocycles. The maximum absolute atomic E-state index is 13.0. The molecule has 1 radical (unpaired) electrons. The number of methoxy groups -OCH3 is 1. The first-order chi connectivity index (χ1) is 20.3. The van der Waals surface area contributed by atoms with Gasteiger partial charge in [-0.05, 0) is 37.0 Å². The zero-order valence-corrected chi connectivity index (χ0v) is 26.4. The lowest BCUT2D eigenvalue weighted by Gasteiger charge is -2.24. The SMILES string of the molecule is COc1cc(C(=O)O)ccc1NS(=O)(=O)c1csc(C#CC2CCCCC([B]C3CCCCCCCC3)CCCC2)n1. The van der Waals surface area contributed by atoms with Crippen LogP contribution in [0, 0.1) is 17.8 Å². The molecule has 0 atom stereocenters. The van der Waals surface area contributed by atoms with Crippen LogP contribution in [0.15, 0.2) is 28.6 Å². The summed E-state index contributed by atoms with van der Waals surface area (Å²) in [6, 6.07) is 3.96. The lowest BCUT2D eigenvalue weighted by atomic mass is 9.50. The van der Waals surface area contributed by atoms with Crippen molar-refractivity contribution in [3.63, 3.8) is 0 Å². The molecule has 1 aromatic heterocycles. The first-order valence-corrected chi connectivity index (χ1v) is 18.0. The third-order valence-corrected chi connectivity index (χ3v) is 10.7. The average Bonchev–Trinajstić information content (AvgIpc) is 3.50. The molecule has 2 aromatic rings. The van der Waals surface area contributed by atoms with Crippen molar-refractivity contribution in [2.75, 3.05) is 11.8 Å². The molecule has 0 bridgehead atoms. The van der Waals surface area contributed by atoms with E-state index in [1.165, 1.54) is 132 Å². The number of nitrogens with one attached hydrogen (secondary N) is 1. The summed E-state index contributed by atoms with van der Waals surface area (Å²) in [4.78, 5) is 15.5. The van der Waals surface area contributed by atoms with Crippen LogP contribution >= 0.6 is 11.3 Å². The van der Waals surface area contributed by atoms with E-state index in [-0.39, 0.29) is 22.0 Å². The van der Waals surface area contributed by atoms with Crippen LogP contribution in [-0.4, -0.2) is 38.9 Å². The van der Waals surface area contributed by atoms with Crippen molar-refractivity contribution in [1.29, 1.82) is 0 Å². The number of hydrogen-bond donors (Lipinski definition) is 2. The molecule has 2 saturated carbocycles. The number of thiazole rings is 1. The predicted octanol–water partition coefficient (Wildman–Crippen LogP) is 8.17. The molecule has 0 amide bonds. The molecule has 0 saturated heterocycles. The molecule has 0 spiro atoms. The van der Waals surface area contributed by atoms with Crippen molar-refractivity contribution in [2.45, 2.75) is 119 Å².